The van der Waals surface area contributed by atoms with Crippen LogP contribution in [0.4, 0.5) is 0 Å². The van der Waals surface area contributed by atoms with Crippen LogP contribution in [0, 0.1) is 11.8 Å². The molecule has 1 aliphatic carbocycles. The summed E-state index contributed by atoms with van der Waals surface area (Å²) in [7, 11) is -8.18. The van der Waals surface area contributed by atoms with E-state index in [9.17, 15) is 16.8 Å². The number of hydrogen-bond donors (Lipinski definition) is 2. The van der Waals surface area contributed by atoms with Gasteiger partial charge in [-0.1, -0.05) is 12.8 Å². The fourth-order valence-corrected chi connectivity index (χ4v) is 4.22. The van der Waals surface area contributed by atoms with Gasteiger partial charge in [-0.25, -0.2) is 0 Å². The second kappa shape index (κ2) is 4.99. The summed E-state index contributed by atoms with van der Waals surface area (Å²) in [6.45, 7) is 0. The van der Waals surface area contributed by atoms with Crippen LogP contribution >= 0.6 is 0 Å². The minimum atomic E-state index is -4.09. The molecule has 0 saturated heterocycles. The molecule has 0 amide bonds. The van der Waals surface area contributed by atoms with E-state index in [1.165, 1.54) is 0 Å². The summed E-state index contributed by atoms with van der Waals surface area (Å²) < 4.78 is 60.5. The molecule has 0 bridgehead atoms. The van der Waals surface area contributed by atoms with Gasteiger partial charge in [0, 0.05) is 0 Å². The predicted octanol–water partition coefficient (Wildman–Crippen LogP) is 0.568. The molecule has 2 atom stereocenters. The van der Waals surface area contributed by atoms with Crippen molar-refractivity contribution in [3.05, 3.63) is 0 Å². The highest BCUT2D eigenvalue weighted by Crippen LogP contribution is 2.31. The molecule has 0 aromatic heterocycles. The Balaban J connectivity index is 2.72. The number of hydrogen-bond acceptors (Lipinski definition) is 4. The molecule has 0 spiro atoms. The van der Waals surface area contributed by atoms with E-state index in [2.05, 4.69) is 0 Å². The van der Waals surface area contributed by atoms with E-state index in [0.717, 1.165) is 12.8 Å². The van der Waals surface area contributed by atoms with Crippen LogP contribution in [0.15, 0.2) is 0 Å². The van der Waals surface area contributed by atoms with Crippen LogP contribution in [-0.4, -0.2) is 37.4 Å². The predicted molar refractivity (Wildman–Crippen MR) is 58.3 cm³/mol. The van der Waals surface area contributed by atoms with Crippen LogP contribution in [0.1, 0.15) is 25.7 Å². The van der Waals surface area contributed by atoms with Gasteiger partial charge in [0.1, 0.15) is 0 Å². The first-order valence-electron chi connectivity index (χ1n) is 5.08. The molecule has 0 aliphatic heterocycles. The Kier molecular flexibility index (Phi) is 4.33. The lowest BCUT2D eigenvalue weighted by Gasteiger charge is -2.29. The van der Waals surface area contributed by atoms with E-state index in [1.807, 2.05) is 0 Å². The Bertz CT molecular complexity index is 381. The zero-order valence-corrected chi connectivity index (χ0v) is 10.4. The lowest BCUT2D eigenvalue weighted by Crippen LogP contribution is -2.31. The summed E-state index contributed by atoms with van der Waals surface area (Å²) in [5.41, 5.74) is 0. The molecule has 8 heteroatoms. The monoisotopic (exact) mass is 272 g/mol. The maximum absolute atomic E-state index is 10.8. The van der Waals surface area contributed by atoms with Crippen LogP contribution in [0.3, 0.4) is 0 Å². The molecule has 1 aliphatic rings. The number of rotatable bonds is 4. The third kappa shape index (κ3) is 5.24. The van der Waals surface area contributed by atoms with E-state index in [0.29, 0.717) is 12.8 Å². The van der Waals surface area contributed by atoms with Crippen molar-refractivity contribution in [1.82, 2.24) is 0 Å². The second-order valence-corrected chi connectivity index (χ2v) is 7.30. The zero-order chi connectivity index (χ0) is 12.4. The molecular weight excluding hydrogens is 256 g/mol. The average molecular weight is 272 g/mol. The Labute approximate surface area is 95.5 Å². The van der Waals surface area contributed by atoms with Gasteiger partial charge in [-0.2, -0.15) is 16.8 Å². The highest BCUT2D eigenvalue weighted by Gasteiger charge is 2.31. The first-order valence-corrected chi connectivity index (χ1v) is 8.29. The molecule has 2 N–H and O–H groups in total. The summed E-state index contributed by atoms with van der Waals surface area (Å²) >= 11 is 0. The molecule has 96 valence electrons. The summed E-state index contributed by atoms with van der Waals surface area (Å²) in [6, 6.07) is 0. The van der Waals surface area contributed by atoms with Gasteiger partial charge >= 0.3 is 0 Å². The smallest absolute Gasteiger partial charge is 0.265 e. The molecule has 0 aromatic carbocycles. The molecule has 0 radical (unpaired) electrons. The first-order chi connectivity index (χ1) is 7.17. The van der Waals surface area contributed by atoms with Gasteiger partial charge in [0.25, 0.3) is 20.2 Å². The fraction of sp³-hybridized carbons (Fsp3) is 1.00. The van der Waals surface area contributed by atoms with Crippen LogP contribution < -0.4 is 0 Å². The van der Waals surface area contributed by atoms with Gasteiger partial charge in [-0.15, -0.1) is 0 Å². The standard InChI is InChI=1S/C8H16O6S2/c9-15(10,11)5-7-3-1-2-4-8(7)6-16(12,13)14/h7-8H,1-6H2,(H,9,10,11)(H,12,13,14). The van der Waals surface area contributed by atoms with Gasteiger partial charge in [-0.05, 0) is 24.7 Å². The van der Waals surface area contributed by atoms with Crippen molar-refractivity contribution in [2.45, 2.75) is 25.7 Å². The normalized spacial score (nSPS) is 27.9. The minimum Gasteiger partial charge on any atom is -0.286 e. The first kappa shape index (κ1) is 13.9. The van der Waals surface area contributed by atoms with Gasteiger partial charge < -0.3 is 0 Å². The van der Waals surface area contributed by atoms with Gasteiger partial charge in [-0.3, -0.25) is 9.11 Å². The lowest BCUT2D eigenvalue weighted by atomic mass is 9.81. The lowest BCUT2D eigenvalue weighted by molar-refractivity contribution is 0.272. The molecule has 6 nitrogen and oxygen atoms in total. The molecule has 16 heavy (non-hydrogen) atoms. The summed E-state index contributed by atoms with van der Waals surface area (Å²) in [6.07, 6.45) is 2.78. The van der Waals surface area contributed by atoms with Crippen LogP contribution in [0.25, 0.3) is 0 Å². The molecule has 0 aromatic rings. The fourth-order valence-electron chi connectivity index (χ4n) is 2.26. The molecule has 1 rings (SSSR count). The quantitative estimate of drug-likeness (QED) is 0.724. The van der Waals surface area contributed by atoms with Crippen molar-refractivity contribution >= 4 is 20.2 Å². The minimum absolute atomic E-state index is 0.384. The highest BCUT2D eigenvalue weighted by atomic mass is 32.2. The third-order valence-corrected chi connectivity index (χ3v) is 4.61. The highest BCUT2D eigenvalue weighted by molar-refractivity contribution is 7.86. The van der Waals surface area contributed by atoms with E-state index in [4.69, 9.17) is 9.11 Å². The summed E-state index contributed by atoms with van der Waals surface area (Å²) in [4.78, 5) is 0. The molecule has 1 fully saturated rings. The molecule has 2 unspecified atom stereocenters. The van der Waals surface area contributed by atoms with Crippen molar-refractivity contribution in [3.8, 4) is 0 Å². The summed E-state index contributed by atoms with van der Waals surface area (Å²) in [5, 5.41) is 0. The van der Waals surface area contributed by atoms with E-state index in [-0.39, 0.29) is 11.8 Å². The van der Waals surface area contributed by atoms with Crippen molar-refractivity contribution in [3.63, 3.8) is 0 Å². The SMILES string of the molecule is O=S(=O)(O)CC1CCCCC1CS(=O)(=O)O. The van der Waals surface area contributed by atoms with Crippen molar-refractivity contribution in [1.29, 1.82) is 0 Å². The third-order valence-electron chi connectivity index (χ3n) is 2.92. The maximum Gasteiger partial charge on any atom is 0.265 e. The van der Waals surface area contributed by atoms with Crippen molar-refractivity contribution < 1.29 is 25.9 Å². The van der Waals surface area contributed by atoms with Crippen molar-refractivity contribution in [2.75, 3.05) is 11.5 Å². The van der Waals surface area contributed by atoms with E-state index in [1.54, 1.807) is 0 Å². The molecule has 1 saturated carbocycles. The average Bonchev–Trinajstić information content (AvgIpc) is 2.03. The molecular formula is C8H16O6S2. The Morgan fingerprint density at radius 3 is 1.38 bits per heavy atom. The van der Waals surface area contributed by atoms with E-state index >= 15 is 0 Å². The topological polar surface area (TPSA) is 109 Å². The summed E-state index contributed by atoms with van der Waals surface area (Å²) in [5.74, 6) is -1.61. The van der Waals surface area contributed by atoms with E-state index < -0.39 is 31.7 Å². The Morgan fingerprint density at radius 1 is 0.812 bits per heavy atom. The zero-order valence-electron chi connectivity index (χ0n) is 8.74. The Morgan fingerprint density at radius 2 is 1.12 bits per heavy atom. The molecule has 0 heterocycles. The van der Waals surface area contributed by atoms with Gasteiger partial charge in [0.05, 0.1) is 11.5 Å². The van der Waals surface area contributed by atoms with Crippen LogP contribution in [0.2, 0.25) is 0 Å². The van der Waals surface area contributed by atoms with Crippen LogP contribution in [-0.2, 0) is 20.2 Å². The maximum atomic E-state index is 10.8. The largest absolute Gasteiger partial charge is 0.286 e. The van der Waals surface area contributed by atoms with Crippen LogP contribution in [0.5, 0.6) is 0 Å². The second-order valence-electron chi connectivity index (χ2n) is 4.30. The van der Waals surface area contributed by atoms with Gasteiger partial charge in [0.15, 0.2) is 0 Å². The Hall–Kier alpha value is -0.180. The van der Waals surface area contributed by atoms with Gasteiger partial charge in [0.2, 0.25) is 0 Å². The van der Waals surface area contributed by atoms with Crippen molar-refractivity contribution in [2.24, 2.45) is 11.8 Å².